The molecule has 24 heavy (non-hydrogen) atoms. The summed E-state index contributed by atoms with van der Waals surface area (Å²) in [7, 11) is 0. The lowest BCUT2D eigenvalue weighted by atomic mass is 10.2. The van der Waals surface area contributed by atoms with E-state index >= 15 is 0 Å². The normalized spacial score (nSPS) is 16.5. The molecule has 1 saturated heterocycles. The molecule has 1 N–H and O–H groups in total. The summed E-state index contributed by atoms with van der Waals surface area (Å²) in [6, 6.07) is 12.4. The molecule has 1 aliphatic rings. The van der Waals surface area contributed by atoms with Gasteiger partial charge in [-0.2, -0.15) is 10.1 Å². The second-order valence-corrected chi connectivity index (χ2v) is 6.52. The third-order valence-corrected chi connectivity index (χ3v) is 4.47. The Balaban J connectivity index is 1.82. The molecule has 0 aliphatic carbocycles. The van der Waals surface area contributed by atoms with Gasteiger partial charge in [0, 0.05) is 5.56 Å². The van der Waals surface area contributed by atoms with E-state index < -0.39 is 0 Å². The quantitative estimate of drug-likeness (QED) is 0.516. The van der Waals surface area contributed by atoms with Gasteiger partial charge in [-0.05, 0) is 48.1 Å². The molecular formula is C17H11FN2O2S2. The summed E-state index contributed by atoms with van der Waals surface area (Å²) in [5.41, 5.74) is 1.18. The van der Waals surface area contributed by atoms with Crippen LogP contribution in [0, 0.1) is 5.82 Å². The molecule has 120 valence electrons. The highest BCUT2D eigenvalue weighted by atomic mass is 32.2. The SMILES string of the molecule is O=C1/C(=C\c2ccc(F)cc2)SC(=S)N1/N=C/c1ccccc1O. The number of phenolic OH excluding ortho intramolecular Hbond substituents is 1. The fraction of sp³-hybridized carbons (Fsp3) is 0. The van der Waals surface area contributed by atoms with Crippen molar-refractivity contribution < 1.29 is 14.3 Å². The third kappa shape index (κ3) is 3.52. The molecule has 7 heteroatoms. The second-order valence-electron chi connectivity index (χ2n) is 4.85. The minimum absolute atomic E-state index is 0.0635. The van der Waals surface area contributed by atoms with Gasteiger partial charge >= 0.3 is 0 Å². The number of carbonyl (C=O) groups excluding carboxylic acids is 1. The molecule has 0 bridgehead atoms. The average molecular weight is 358 g/mol. The Morgan fingerprint density at radius 1 is 1.17 bits per heavy atom. The first-order valence-electron chi connectivity index (χ1n) is 6.90. The molecular weight excluding hydrogens is 347 g/mol. The molecule has 1 fully saturated rings. The van der Waals surface area contributed by atoms with Gasteiger partial charge < -0.3 is 5.11 Å². The molecule has 0 spiro atoms. The monoisotopic (exact) mass is 358 g/mol. The number of phenols is 1. The van der Waals surface area contributed by atoms with Crippen molar-refractivity contribution in [3.8, 4) is 5.75 Å². The molecule has 2 aromatic rings. The highest BCUT2D eigenvalue weighted by Crippen LogP contribution is 2.32. The largest absolute Gasteiger partial charge is 0.507 e. The lowest BCUT2D eigenvalue weighted by molar-refractivity contribution is -0.122. The number of benzene rings is 2. The van der Waals surface area contributed by atoms with Crippen molar-refractivity contribution in [2.24, 2.45) is 5.10 Å². The molecule has 3 rings (SSSR count). The van der Waals surface area contributed by atoms with Crippen molar-refractivity contribution >= 4 is 46.5 Å². The Hall–Kier alpha value is -2.51. The second kappa shape index (κ2) is 6.94. The summed E-state index contributed by atoms with van der Waals surface area (Å²) in [6.45, 7) is 0. The fourth-order valence-corrected chi connectivity index (χ4v) is 3.16. The third-order valence-electron chi connectivity index (χ3n) is 3.19. The molecule has 0 aromatic heterocycles. The highest BCUT2D eigenvalue weighted by Gasteiger charge is 2.32. The van der Waals surface area contributed by atoms with E-state index in [1.54, 1.807) is 36.4 Å². The van der Waals surface area contributed by atoms with Crippen LogP contribution in [-0.2, 0) is 4.79 Å². The Bertz CT molecular complexity index is 863. The van der Waals surface area contributed by atoms with Crippen LogP contribution in [0.1, 0.15) is 11.1 Å². The van der Waals surface area contributed by atoms with Crippen LogP contribution in [-0.4, -0.2) is 26.6 Å². The van der Waals surface area contributed by atoms with Crippen molar-refractivity contribution in [3.05, 3.63) is 70.4 Å². The van der Waals surface area contributed by atoms with Crippen molar-refractivity contribution in [3.63, 3.8) is 0 Å². The lowest BCUT2D eigenvalue weighted by Gasteiger charge is -2.06. The molecule has 1 aliphatic heterocycles. The number of nitrogens with zero attached hydrogens (tertiary/aromatic N) is 2. The first-order valence-corrected chi connectivity index (χ1v) is 8.12. The van der Waals surface area contributed by atoms with Gasteiger partial charge in [0.15, 0.2) is 4.32 Å². The van der Waals surface area contributed by atoms with Gasteiger partial charge in [-0.15, -0.1) is 0 Å². The number of halogens is 1. The van der Waals surface area contributed by atoms with Crippen LogP contribution in [0.15, 0.2) is 58.5 Å². The van der Waals surface area contributed by atoms with E-state index in [2.05, 4.69) is 5.10 Å². The topological polar surface area (TPSA) is 52.9 Å². The van der Waals surface area contributed by atoms with Gasteiger partial charge in [0.2, 0.25) is 0 Å². The van der Waals surface area contributed by atoms with Gasteiger partial charge in [-0.3, -0.25) is 4.79 Å². The van der Waals surface area contributed by atoms with Crippen molar-refractivity contribution in [1.82, 2.24) is 5.01 Å². The Morgan fingerprint density at radius 2 is 1.88 bits per heavy atom. The molecule has 0 atom stereocenters. The Labute approximate surface area is 147 Å². The summed E-state index contributed by atoms with van der Waals surface area (Å²) in [5.74, 6) is -0.637. The highest BCUT2D eigenvalue weighted by molar-refractivity contribution is 8.26. The summed E-state index contributed by atoms with van der Waals surface area (Å²) < 4.78 is 13.2. The average Bonchev–Trinajstić information content (AvgIpc) is 2.83. The van der Waals surface area contributed by atoms with Crippen molar-refractivity contribution in [2.75, 3.05) is 0 Å². The predicted molar refractivity (Wildman–Crippen MR) is 97.1 cm³/mol. The number of para-hydroxylation sites is 1. The minimum atomic E-state index is -0.360. The van der Waals surface area contributed by atoms with E-state index in [4.69, 9.17) is 12.2 Å². The lowest BCUT2D eigenvalue weighted by Crippen LogP contribution is -2.22. The van der Waals surface area contributed by atoms with Crippen LogP contribution in [0.2, 0.25) is 0 Å². The predicted octanol–water partition coefficient (Wildman–Crippen LogP) is 3.77. The zero-order valence-electron chi connectivity index (χ0n) is 12.2. The van der Waals surface area contributed by atoms with Crippen LogP contribution >= 0.6 is 24.0 Å². The number of amides is 1. The van der Waals surface area contributed by atoms with Crippen LogP contribution in [0.5, 0.6) is 5.75 Å². The summed E-state index contributed by atoms with van der Waals surface area (Å²) in [5, 5.41) is 14.9. The zero-order valence-corrected chi connectivity index (χ0v) is 13.9. The zero-order chi connectivity index (χ0) is 17.1. The van der Waals surface area contributed by atoms with Crippen LogP contribution in [0.3, 0.4) is 0 Å². The smallest absolute Gasteiger partial charge is 0.286 e. The van der Waals surface area contributed by atoms with Crippen LogP contribution in [0.4, 0.5) is 4.39 Å². The molecule has 4 nitrogen and oxygen atoms in total. The molecule has 0 unspecified atom stereocenters. The number of aromatic hydroxyl groups is 1. The molecule has 0 saturated carbocycles. The van der Waals surface area contributed by atoms with E-state index in [-0.39, 0.29) is 17.5 Å². The molecule has 2 aromatic carbocycles. The maximum absolute atomic E-state index is 12.9. The van der Waals surface area contributed by atoms with E-state index in [9.17, 15) is 14.3 Å². The van der Waals surface area contributed by atoms with Crippen LogP contribution in [0.25, 0.3) is 6.08 Å². The van der Waals surface area contributed by atoms with Crippen molar-refractivity contribution in [1.29, 1.82) is 0 Å². The van der Waals surface area contributed by atoms with Crippen molar-refractivity contribution in [2.45, 2.75) is 0 Å². The summed E-state index contributed by atoms with van der Waals surface area (Å²) >= 11 is 6.29. The minimum Gasteiger partial charge on any atom is -0.507 e. The maximum atomic E-state index is 12.9. The summed E-state index contributed by atoms with van der Waals surface area (Å²) in [6.07, 6.45) is 3.01. The standard InChI is InChI=1S/C17H11FN2O2S2/c18-13-7-5-11(6-8-13)9-15-16(22)20(17(23)24-15)19-10-12-3-1-2-4-14(12)21/h1-10,21H/b15-9+,19-10+. The number of hydrogen-bond acceptors (Lipinski definition) is 5. The van der Waals surface area contributed by atoms with Gasteiger partial charge in [0.25, 0.3) is 5.91 Å². The number of hydrazone groups is 1. The first kappa shape index (κ1) is 16.4. The van der Waals surface area contributed by atoms with E-state index in [1.165, 1.54) is 24.4 Å². The number of hydrogen-bond donors (Lipinski definition) is 1. The van der Waals surface area contributed by atoms with Gasteiger partial charge in [0.05, 0.1) is 11.1 Å². The van der Waals surface area contributed by atoms with Gasteiger partial charge in [-0.1, -0.05) is 36.0 Å². The van der Waals surface area contributed by atoms with Gasteiger partial charge in [0.1, 0.15) is 11.6 Å². The molecule has 1 amide bonds. The van der Waals surface area contributed by atoms with Gasteiger partial charge in [-0.25, -0.2) is 4.39 Å². The number of thiocarbonyl (C=S) groups is 1. The first-order chi connectivity index (χ1) is 11.5. The van der Waals surface area contributed by atoms with E-state index in [1.807, 2.05) is 0 Å². The molecule has 0 radical (unpaired) electrons. The Morgan fingerprint density at radius 3 is 2.58 bits per heavy atom. The van der Waals surface area contributed by atoms with Crippen LogP contribution < -0.4 is 0 Å². The number of carbonyl (C=O) groups is 1. The van der Waals surface area contributed by atoms with E-state index in [0.717, 1.165) is 16.8 Å². The van der Waals surface area contributed by atoms with E-state index in [0.29, 0.717) is 20.4 Å². The fourth-order valence-electron chi connectivity index (χ4n) is 1.99. The summed E-state index contributed by atoms with van der Waals surface area (Å²) in [4.78, 5) is 12.8. The number of rotatable bonds is 3. The Kier molecular flexibility index (Phi) is 4.73. The maximum Gasteiger partial charge on any atom is 0.286 e. The number of thioether (sulfide) groups is 1. The molecule has 1 heterocycles.